The lowest BCUT2D eigenvalue weighted by Crippen LogP contribution is -2.43. The quantitative estimate of drug-likeness (QED) is 0.838. The first kappa shape index (κ1) is 14.1. The van der Waals surface area contributed by atoms with Gasteiger partial charge in [-0.05, 0) is 35.9 Å². The molecule has 1 aliphatic rings. The smallest absolute Gasteiger partial charge is 0.344 e. The number of benzene rings is 1. The van der Waals surface area contributed by atoms with Gasteiger partial charge in [0.15, 0.2) is 0 Å². The molecule has 0 saturated carbocycles. The highest BCUT2D eigenvalue weighted by Gasteiger charge is 2.44. The van der Waals surface area contributed by atoms with Crippen LogP contribution in [0.3, 0.4) is 0 Å². The number of carboxylic acid groups (broad SMARTS) is 1. The third-order valence-corrected chi connectivity index (χ3v) is 3.35. The van der Waals surface area contributed by atoms with Crippen molar-refractivity contribution in [2.45, 2.75) is 12.1 Å². The van der Waals surface area contributed by atoms with Gasteiger partial charge in [-0.1, -0.05) is 0 Å². The van der Waals surface area contributed by atoms with E-state index in [-0.39, 0.29) is 6.54 Å². The van der Waals surface area contributed by atoms with Crippen LogP contribution < -0.4 is 10.2 Å². The molecule has 2 heterocycles. The maximum Gasteiger partial charge on any atom is 0.344 e. The molecular weight excluding hydrogens is 288 g/mol. The molecule has 1 aromatic carbocycles. The van der Waals surface area contributed by atoms with Crippen LogP contribution in [-0.4, -0.2) is 38.6 Å². The van der Waals surface area contributed by atoms with Gasteiger partial charge in [0.1, 0.15) is 18.4 Å². The molecule has 8 nitrogen and oxygen atoms in total. The van der Waals surface area contributed by atoms with Gasteiger partial charge in [-0.2, -0.15) is 5.10 Å². The monoisotopic (exact) mass is 302 g/mol. The highest BCUT2D eigenvalue weighted by atomic mass is 16.7. The van der Waals surface area contributed by atoms with Crippen molar-refractivity contribution >= 4 is 11.7 Å². The van der Waals surface area contributed by atoms with Crippen molar-refractivity contribution in [3.05, 3.63) is 48.6 Å². The highest BCUT2D eigenvalue weighted by molar-refractivity contribution is 5.85. The Morgan fingerprint density at radius 2 is 2.23 bits per heavy atom. The van der Waals surface area contributed by atoms with Gasteiger partial charge in [0.05, 0.1) is 19.4 Å². The van der Waals surface area contributed by atoms with E-state index < -0.39 is 11.6 Å². The van der Waals surface area contributed by atoms with E-state index in [4.69, 9.17) is 9.57 Å². The predicted molar refractivity (Wildman–Crippen MR) is 75.6 cm³/mol. The molecule has 1 unspecified atom stereocenters. The Balaban J connectivity index is 1.89. The van der Waals surface area contributed by atoms with Gasteiger partial charge < -0.3 is 9.84 Å². The van der Waals surface area contributed by atoms with Gasteiger partial charge in [-0.15, -0.1) is 0 Å². The van der Waals surface area contributed by atoms with Crippen molar-refractivity contribution in [3.8, 4) is 5.75 Å². The number of carbonyl (C=O) groups is 1. The first-order valence-corrected chi connectivity index (χ1v) is 6.50. The van der Waals surface area contributed by atoms with Gasteiger partial charge in [0, 0.05) is 0 Å². The fourth-order valence-corrected chi connectivity index (χ4v) is 2.16. The van der Waals surface area contributed by atoms with Crippen molar-refractivity contribution in [2.24, 2.45) is 0 Å². The average molecular weight is 302 g/mol. The molecule has 114 valence electrons. The average Bonchev–Trinajstić information content (AvgIpc) is 3.18. The summed E-state index contributed by atoms with van der Waals surface area (Å²) in [6.07, 6.45) is 4.30. The fourth-order valence-electron chi connectivity index (χ4n) is 2.16. The minimum Gasteiger partial charge on any atom is -0.497 e. The Morgan fingerprint density at radius 3 is 2.82 bits per heavy atom. The Labute approximate surface area is 125 Å². The lowest BCUT2D eigenvalue weighted by atomic mass is 10.0. The molecule has 8 heteroatoms. The van der Waals surface area contributed by atoms with Crippen LogP contribution in [0.2, 0.25) is 0 Å². The zero-order chi connectivity index (χ0) is 15.6. The first-order chi connectivity index (χ1) is 10.6. The SMILES string of the molecule is COc1ccc(C2=CC(Cn3cncn3)(C(=O)O)ON2)cc1. The van der Waals surface area contributed by atoms with Crippen LogP contribution in [-0.2, 0) is 16.2 Å². The summed E-state index contributed by atoms with van der Waals surface area (Å²) in [5, 5.41) is 13.4. The van der Waals surface area contributed by atoms with Gasteiger partial charge in [-0.3, -0.25) is 10.3 Å². The minimum absolute atomic E-state index is 0.00892. The normalized spacial score (nSPS) is 20.3. The molecule has 3 rings (SSSR count). The molecule has 0 bridgehead atoms. The van der Waals surface area contributed by atoms with E-state index in [0.717, 1.165) is 11.3 Å². The van der Waals surface area contributed by atoms with Gasteiger partial charge in [0.25, 0.3) is 0 Å². The molecule has 1 atom stereocenters. The van der Waals surface area contributed by atoms with Gasteiger partial charge in [-0.25, -0.2) is 14.5 Å². The Hall–Kier alpha value is -2.87. The molecular formula is C14H14N4O4. The largest absolute Gasteiger partial charge is 0.497 e. The number of aliphatic carboxylic acids is 1. The Bertz CT molecular complexity index is 696. The van der Waals surface area contributed by atoms with Crippen LogP contribution in [0.4, 0.5) is 0 Å². The third-order valence-electron chi connectivity index (χ3n) is 3.35. The summed E-state index contributed by atoms with van der Waals surface area (Å²) in [4.78, 5) is 20.8. The summed E-state index contributed by atoms with van der Waals surface area (Å²) in [5.74, 6) is -0.394. The number of hydrogen-bond acceptors (Lipinski definition) is 6. The Morgan fingerprint density at radius 1 is 1.45 bits per heavy atom. The minimum atomic E-state index is -1.54. The number of ether oxygens (including phenoxy) is 1. The number of nitrogens with one attached hydrogen (secondary N) is 1. The predicted octanol–water partition coefficient (Wildman–Crippen LogP) is 0.686. The van der Waals surface area contributed by atoms with Crippen molar-refractivity contribution in [3.63, 3.8) is 0 Å². The first-order valence-electron chi connectivity index (χ1n) is 6.50. The second kappa shape index (κ2) is 5.49. The number of carboxylic acids is 1. The second-order valence-electron chi connectivity index (χ2n) is 4.78. The van der Waals surface area contributed by atoms with E-state index in [1.54, 1.807) is 19.2 Å². The van der Waals surface area contributed by atoms with Crippen molar-refractivity contribution in [1.82, 2.24) is 20.2 Å². The topological polar surface area (TPSA) is 98.5 Å². The van der Waals surface area contributed by atoms with Crippen molar-refractivity contribution < 1.29 is 19.5 Å². The zero-order valence-corrected chi connectivity index (χ0v) is 11.8. The highest BCUT2D eigenvalue weighted by Crippen LogP contribution is 2.28. The van der Waals surface area contributed by atoms with Crippen LogP contribution in [0.5, 0.6) is 5.75 Å². The summed E-state index contributed by atoms with van der Waals surface area (Å²) in [7, 11) is 1.58. The number of hydroxylamine groups is 1. The second-order valence-corrected chi connectivity index (χ2v) is 4.78. The molecule has 0 fully saturated rings. The molecule has 1 aliphatic heterocycles. The molecule has 0 saturated heterocycles. The maximum atomic E-state index is 11.6. The lowest BCUT2D eigenvalue weighted by molar-refractivity contribution is -0.164. The van der Waals surface area contributed by atoms with Gasteiger partial charge in [0.2, 0.25) is 5.60 Å². The fraction of sp³-hybridized carbons (Fsp3) is 0.214. The van der Waals surface area contributed by atoms with Crippen LogP contribution in [0.25, 0.3) is 5.70 Å². The van der Waals surface area contributed by atoms with Crippen LogP contribution >= 0.6 is 0 Å². The molecule has 2 N–H and O–H groups in total. The van der Waals surface area contributed by atoms with Crippen LogP contribution in [0.1, 0.15) is 5.56 Å². The number of aromatic nitrogens is 3. The molecule has 2 aromatic rings. The summed E-state index contributed by atoms with van der Waals surface area (Å²) < 4.78 is 6.50. The van der Waals surface area contributed by atoms with E-state index in [1.165, 1.54) is 23.4 Å². The van der Waals surface area contributed by atoms with Gasteiger partial charge >= 0.3 is 5.97 Å². The van der Waals surface area contributed by atoms with E-state index in [2.05, 4.69) is 15.6 Å². The number of nitrogens with zero attached hydrogens (tertiary/aromatic N) is 3. The van der Waals surface area contributed by atoms with Crippen molar-refractivity contribution in [1.29, 1.82) is 0 Å². The molecule has 0 amide bonds. The summed E-state index contributed by atoms with van der Waals surface area (Å²) in [6, 6.07) is 7.20. The molecule has 1 aromatic heterocycles. The maximum absolute atomic E-state index is 11.6. The van der Waals surface area contributed by atoms with Crippen molar-refractivity contribution in [2.75, 3.05) is 7.11 Å². The van der Waals surface area contributed by atoms with Crippen LogP contribution in [0, 0.1) is 0 Å². The summed E-state index contributed by atoms with van der Waals surface area (Å²) in [5.41, 5.74) is 2.50. The number of hydrogen-bond donors (Lipinski definition) is 2. The van der Waals surface area contributed by atoms with E-state index in [0.29, 0.717) is 5.70 Å². The molecule has 0 aliphatic carbocycles. The molecule has 0 spiro atoms. The standard InChI is InChI=1S/C14H14N4O4/c1-21-11-4-2-10(3-5-11)12-6-14(13(19)20,22-17-12)7-18-9-15-8-16-18/h2-6,8-9,17H,7H2,1H3,(H,19,20). The zero-order valence-electron chi connectivity index (χ0n) is 11.8. The third kappa shape index (κ3) is 2.51. The number of rotatable bonds is 5. The Kier molecular flexibility index (Phi) is 3.51. The summed E-state index contributed by atoms with van der Waals surface area (Å²) in [6.45, 7) is 0.00892. The number of methoxy groups -OCH3 is 1. The van der Waals surface area contributed by atoms with E-state index in [1.807, 2.05) is 12.1 Å². The molecule has 22 heavy (non-hydrogen) atoms. The van der Waals surface area contributed by atoms with E-state index >= 15 is 0 Å². The molecule has 0 radical (unpaired) electrons. The summed E-state index contributed by atoms with van der Waals surface area (Å²) >= 11 is 0. The van der Waals surface area contributed by atoms with E-state index in [9.17, 15) is 9.90 Å². The lowest BCUT2D eigenvalue weighted by Gasteiger charge is -2.19. The van der Waals surface area contributed by atoms with Crippen LogP contribution in [0.15, 0.2) is 43.0 Å².